The molecule has 0 saturated carbocycles. The minimum atomic E-state index is -3.65. The lowest BCUT2D eigenvalue weighted by molar-refractivity contribution is 0.145. The first kappa shape index (κ1) is 19.7. The van der Waals surface area contributed by atoms with Gasteiger partial charge < -0.3 is 4.74 Å². The summed E-state index contributed by atoms with van der Waals surface area (Å²) in [5, 5.41) is 0.499. The Morgan fingerprint density at radius 2 is 1.76 bits per heavy atom. The predicted octanol–water partition coefficient (Wildman–Crippen LogP) is 4.08. The number of hydrogen-bond donors (Lipinski definition) is 0. The minimum Gasteiger partial charge on any atom is -0.383 e. The van der Waals surface area contributed by atoms with Crippen LogP contribution in [0.2, 0.25) is 5.02 Å². The fraction of sp³-hybridized carbons (Fsp3) is 0.263. The van der Waals surface area contributed by atoms with Crippen molar-refractivity contribution in [2.75, 3.05) is 20.3 Å². The quantitative estimate of drug-likeness (QED) is 0.694. The third-order valence-electron chi connectivity index (χ3n) is 3.71. The summed E-state index contributed by atoms with van der Waals surface area (Å²) in [6, 6.07) is 15.6. The second-order valence-electron chi connectivity index (χ2n) is 5.65. The van der Waals surface area contributed by atoms with Gasteiger partial charge in [0.05, 0.1) is 11.5 Å². The van der Waals surface area contributed by atoms with Crippen LogP contribution in [0.5, 0.6) is 0 Å². The van der Waals surface area contributed by atoms with Crippen molar-refractivity contribution in [1.29, 1.82) is 0 Å². The van der Waals surface area contributed by atoms with E-state index in [2.05, 4.69) is 0 Å². The van der Waals surface area contributed by atoms with E-state index in [4.69, 9.17) is 16.3 Å². The Balaban J connectivity index is 2.25. The third-order valence-corrected chi connectivity index (χ3v) is 5.96. The van der Waals surface area contributed by atoms with E-state index in [1.807, 2.05) is 49.4 Å². The van der Waals surface area contributed by atoms with Gasteiger partial charge in [0.15, 0.2) is 0 Å². The fourth-order valence-corrected chi connectivity index (χ4v) is 4.13. The maximum atomic E-state index is 13.0. The largest absolute Gasteiger partial charge is 0.383 e. The number of methoxy groups -OCH3 is 1. The van der Waals surface area contributed by atoms with E-state index in [1.165, 1.54) is 16.4 Å². The minimum absolute atomic E-state index is 0.216. The Labute approximate surface area is 154 Å². The van der Waals surface area contributed by atoms with Crippen molar-refractivity contribution >= 4 is 27.7 Å². The van der Waals surface area contributed by atoms with Crippen LogP contribution in [-0.4, -0.2) is 39.0 Å². The lowest BCUT2D eigenvalue weighted by atomic mass is 10.2. The molecule has 2 aromatic carbocycles. The van der Waals surface area contributed by atoms with E-state index in [1.54, 1.807) is 19.2 Å². The molecule has 134 valence electrons. The zero-order chi connectivity index (χ0) is 18.3. The number of ether oxygens (including phenoxy) is 1. The molecule has 0 aliphatic heterocycles. The maximum absolute atomic E-state index is 13.0. The van der Waals surface area contributed by atoms with Crippen molar-refractivity contribution in [3.63, 3.8) is 0 Å². The normalized spacial score (nSPS) is 13.4. The van der Waals surface area contributed by atoms with E-state index in [9.17, 15) is 8.42 Å². The van der Waals surface area contributed by atoms with Crippen LogP contribution in [-0.2, 0) is 14.8 Å². The van der Waals surface area contributed by atoms with Crippen molar-refractivity contribution in [3.8, 4) is 0 Å². The molecule has 0 bridgehead atoms. The molecule has 0 fully saturated rings. The van der Waals surface area contributed by atoms with Crippen molar-refractivity contribution in [1.82, 2.24) is 4.31 Å². The number of sulfonamides is 1. The van der Waals surface area contributed by atoms with E-state index in [0.717, 1.165) is 5.56 Å². The molecule has 0 radical (unpaired) electrons. The first-order valence-corrected chi connectivity index (χ1v) is 9.75. The first-order valence-electron chi connectivity index (χ1n) is 7.93. The van der Waals surface area contributed by atoms with Crippen molar-refractivity contribution in [3.05, 3.63) is 71.3 Å². The zero-order valence-electron chi connectivity index (χ0n) is 14.3. The average molecular weight is 380 g/mol. The summed E-state index contributed by atoms with van der Waals surface area (Å²) in [4.78, 5) is 0.216. The molecule has 0 N–H and O–H groups in total. The highest BCUT2D eigenvalue weighted by atomic mass is 35.5. The van der Waals surface area contributed by atoms with E-state index in [-0.39, 0.29) is 17.5 Å². The number of halogens is 1. The molecular formula is C19H22ClNO3S. The maximum Gasteiger partial charge on any atom is 0.243 e. The van der Waals surface area contributed by atoms with E-state index < -0.39 is 10.0 Å². The van der Waals surface area contributed by atoms with Gasteiger partial charge in [0, 0.05) is 24.7 Å². The molecule has 0 aliphatic carbocycles. The van der Waals surface area contributed by atoms with Gasteiger partial charge in [0.2, 0.25) is 10.0 Å². The summed E-state index contributed by atoms with van der Waals surface area (Å²) < 4.78 is 32.6. The molecule has 2 aromatic rings. The van der Waals surface area contributed by atoms with Crippen LogP contribution in [0.3, 0.4) is 0 Å². The van der Waals surface area contributed by atoms with Crippen LogP contribution >= 0.6 is 11.6 Å². The highest BCUT2D eigenvalue weighted by Gasteiger charge is 2.28. The summed E-state index contributed by atoms with van der Waals surface area (Å²) in [5.74, 6) is 0. The van der Waals surface area contributed by atoms with Crippen molar-refractivity contribution in [2.24, 2.45) is 0 Å². The number of nitrogens with zero attached hydrogens (tertiary/aromatic N) is 1. The van der Waals surface area contributed by atoms with Crippen LogP contribution < -0.4 is 0 Å². The summed E-state index contributed by atoms with van der Waals surface area (Å²) in [7, 11) is -2.09. The second-order valence-corrected chi connectivity index (χ2v) is 7.97. The lowest BCUT2D eigenvalue weighted by Crippen LogP contribution is -2.41. The van der Waals surface area contributed by atoms with Crippen LogP contribution in [0.15, 0.2) is 65.6 Å². The molecule has 1 unspecified atom stereocenters. The summed E-state index contributed by atoms with van der Waals surface area (Å²) in [6.45, 7) is 2.39. The molecule has 0 spiro atoms. The summed E-state index contributed by atoms with van der Waals surface area (Å²) in [5.41, 5.74) is 1.02. The molecule has 2 rings (SSSR count). The average Bonchev–Trinajstić information content (AvgIpc) is 2.60. The van der Waals surface area contributed by atoms with Gasteiger partial charge in [0.25, 0.3) is 0 Å². The van der Waals surface area contributed by atoms with Gasteiger partial charge in [0.1, 0.15) is 0 Å². The zero-order valence-corrected chi connectivity index (χ0v) is 15.9. The molecule has 0 saturated heterocycles. The van der Waals surface area contributed by atoms with Gasteiger partial charge in [-0.3, -0.25) is 0 Å². The number of hydrogen-bond acceptors (Lipinski definition) is 3. The molecule has 6 heteroatoms. The van der Waals surface area contributed by atoms with Crippen LogP contribution in [0.4, 0.5) is 0 Å². The molecule has 0 aliphatic rings. The predicted molar refractivity (Wildman–Crippen MR) is 102 cm³/mol. The monoisotopic (exact) mass is 379 g/mol. The molecule has 0 aromatic heterocycles. The van der Waals surface area contributed by atoms with E-state index in [0.29, 0.717) is 11.6 Å². The first-order chi connectivity index (χ1) is 11.9. The molecule has 1 atom stereocenters. The number of benzene rings is 2. The third kappa shape index (κ3) is 5.41. The van der Waals surface area contributed by atoms with Gasteiger partial charge in [-0.25, -0.2) is 8.42 Å². The topological polar surface area (TPSA) is 46.6 Å². The molecule has 0 amide bonds. The summed E-state index contributed by atoms with van der Waals surface area (Å²) >= 11 is 5.87. The van der Waals surface area contributed by atoms with Crippen LogP contribution in [0.25, 0.3) is 6.08 Å². The van der Waals surface area contributed by atoms with Gasteiger partial charge in [-0.2, -0.15) is 4.31 Å². The Bertz CT molecular complexity index is 789. The smallest absolute Gasteiger partial charge is 0.243 e. The van der Waals surface area contributed by atoms with E-state index >= 15 is 0 Å². The Kier molecular flexibility index (Phi) is 7.20. The van der Waals surface area contributed by atoms with Crippen LogP contribution in [0, 0.1) is 0 Å². The van der Waals surface area contributed by atoms with Gasteiger partial charge in [-0.15, -0.1) is 0 Å². The highest BCUT2D eigenvalue weighted by molar-refractivity contribution is 7.89. The SMILES string of the molecule is COCC(C)N(C/C=C/c1ccccc1)S(=O)(=O)c1ccc(Cl)cc1. The Hall–Kier alpha value is -1.66. The van der Waals surface area contributed by atoms with Gasteiger partial charge in [-0.1, -0.05) is 54.1 Å². The molecule has 4 nitrogen and oxygen atoms in total. The molecule has 0 heterocycles. The summed E-state index contributed by atoms with van der Waals surface area (Å²) in [6.07, 6.45) is 3.75. The van der Waals surface area contributed by atoms with Crippen molar-refractivity contribution < 1.29 is 13.2 Å². The van der Waals surface area contributed by atoms with Gasteiger partial charge in [-0.05, 0) is 36.8 Å². The number of rotatable bonds is 8. The fourth-order valence-electron chi connectivity index (χ4n) is 2.44. The molecular weight excluding hydrogens is 358 g/mol. The lowest BCUT2D eigenvalue weighted by Gasteiger charge is -2.27. The Morgan fingerprint density at radius 1 is 1.12 bits per heavy atom. The highest BCUT2D eigenvalue weighted by Crippen LogP contribution is 2.21. The van der Waals surface area contributed by atoms with Crippen LogP contribution in [0.1, 0.15) is 12.5 Å². The standard InChI is InChI=1S/C19H22ClNO3S/c1-16(15-24-2)21(14-6-9-17-7-4-3-5-8-17)25(22,23)19-12-10-18(20)11-13-19/h3-13,16H,14-15H2,1-2H3/b9-6+. The van der Waals surface area contributed by atoms with Crippen molar-refractivity contribution in [2.45, 2.75) is 17.9 Å². The second kappa shape index (κ2) is 9.15. The Morgan fingerprint density at radius 3 is 2.36 bits per heavy atom. The molecule has 25 heavy (non-hydrogen) atoms. The van der Waals surface area contributed by atoms with Gasteiger partial charge >= 0.3 is 0 Å².